The molecule has 0 aliphatic carbocycles. The summed E-state index contributed by atoms with van der Waals surface area (Å²) in [5, 5.41) is 6.76. The lowest BCUT2D eigenvalue weighted by Gasteiger charge is -2.20. The van der Waals surface area contributed by atoms with Gasteiger partial charge in [-0.15, -0.1) is 24.0 Å². The van der Waals surface area contributed by atoms with E-state index in [4.69, 9.17) is 18.9 Å². The van der Waals surface area contributed by atoms with Crippen molar-refractivity contribution in [3.05, 3.63) is 23.8 Å². The van der Waals surface area contributed by atoms with Gasteiger partial charge in [0.15, 0.2) is 17.5 Å². The lowest BCUT2D eigenvalue weighted by Crippen LogP contribution is -2.39. The summed E-state index contributed by atoms with van der Waals surface area (Å²) in [4.78, 5) is 4.31. The zero-order valence-electron chi connectivity index (χ0n) is 18.5. The molecule has 0 aromatic heterocycles. The third kappa shape index (κ3) is 11.5. The molecule has 0 spiro atoms. The van der Waals surface area contributed by atoms with Gasteiger partial charge in [0.1, 0.15) is 0 Å². The van der Waals surface area contributed by atoms with Crippen molar-refractivity contribution in [3.8, 4) is 11.5 Å². The van der Waals surface area contributed by atoms with Crippen LogP contribution in [0, 0.1) is 0 Å². The number of hydrogen-bond donors (Lipinski definition) is 2. The zero-order valence-corrected chi connectivity index (χ0v) is 20.8. The fourth-order valence-electron chi connectivity index (χ4n) is 2.60. The minimum absolute atomic E-state index is 0. The summed E-state index contributed by atoms with van der Waals surface area (Å²) in [5.41, 5.74) is 1.11. The lowest BCUT2D eigenvalue weighted by molar-refractivity contribution is 0.0689. The molecule has 1 unspecified atom stereocenters. The molecule has 0 bridgehead atoms. The molecule has 0 saturated heterocycles. The second-order valence-corrected chi connectivity index (χ2v) is 6.25. The Labute approximate surface area is 192 Å². The number of halogens is 1. The average molecular weight is 523 g/mol. The molecule has 0 aliphatic rings. The number of rotatable bonds is 14. The van der Waals surface area contributed by atoms with Crippen LogP contribution in [0.1, 0.15) is 45.2 Å². The summed E-state index contributed by atoms with van der Waals surface area (Å²) in [6.45, 7) is 10.1. The van der Waals surface area contributed by atoms with E-state index in [0.29, 0.717) is 26.4 Å². The summed E-state index contributed by atoms with van der Waals surface area (Å²) in [6, 6.07) is 6.12. The van der Waals surface area contributed by atoms with Crippen molar-refractivity contribution < 1.29 is 18.9 Å². The third-order valence-electron chi connectivity index (χ3n) is 4.08. The van der Waals surface area contributed by atoms with Crippen LogP contribution in [-0.4, -0.2) is 59.7 Å². The minimum Gasteiger partial charge on any atom is -0.490 e. The molecule has 0 saturated carbocycles. The lowest BCUT2D eigenvalue weighted by atomic mass is 10.1. The number of nitrogens with one attached hydrogen (secondary N) is 2. The van der Waals surface area contributed by atoms with Crippen LogP contribution in [0.4, 0.5) is 0 Å². The van der Waals surface area contributed by atoms with E-state index in [9.17, 15) is 0 Å². The second kappa shape index (κ2) is 17.6. The van der Waals surface area contributed by atoms with Crippen molar-refractivity contribution >= 4 is 29.9 Å². The standard InChI is InChI=1S/C21H37N3O4.HI/c1-6-27-19-11-10-18(16-20(19)28-7-2)17(3)24-21(22-4)23-12-8-9-13-26-15-14-25-5;/h10-11,16-17H,6-9,12-15H2,1-5H3,(H2,22,23,24);1H. The molecule has 1 aromatic rings. The number of ether oxygens (including phenoxy) is 4. The van der Waals surface area contributed by atoms with Crippen LogP contribution in [0.15, 0.2) is 23.2 Å². The van der Waals surface area contributed by atoms with Gasteiger partial charge in [0.25, 0.3) is 0 Å². The fraction of sp³-hybridized carbons (Fsp3) is 0.667. The molecule has 7 nitrogen and oxygen atoms in total. The molecule has 0 radical (unpaired) electrons. The molecule has 1 rings (SSSR count). The maximum atomic E-state index is 5.72. The van der Waals surface area contributed by atoms with Crippen molar-refractivity contribution in [2.24, 2.45) is 4.99 Å². The van der Waals surface area contributed by atoms with Gasteiger partial charge in [-0.25, -0.2) is 0 Å². The summed E-state index contributed by atoms with van der Waals surface area (Å²) in [6.07, 6.45) is 2.01. The summed E-state index contributed by atoms with van der Waals surface area (Å²) in [7, 11) is 3.46. The summed E-state index contributed by atoms with van der Waals surface area (Å²) < 4.78 is 21.8. The van der Waals surface area contributed by atoms with Crippen LogP contribution in [0.25, 0.3) is 0 Å². The monoisotopic (exact) mass is 523 g/mol. The highest BCUT2D eigenvalue weighted by Crippen LogP contribution is 2.30. The molecule has 8 heteroatoms. The van der Waals surface area contributed by atoms with Crippen molar-refractivity contribution in [3.63, 3.8) is 0 Å². The van der Waals surface area contributed by atoms with E-state index in [-0.39, 0.29) is 30.0 Å². The molecule has 0 heterocycles. The number of hydrogen-bond acceptors (Lipinski definition) is 5. The quantitative estimate of drug-likeness (QED) is 0.168. The topological polar surface area (TPSA) is 73.3 Å². The number of aliphatic imine (C=N–C) groups is 1. The number of methoxy groups -OCH3 is 1. The van der Waals surface area contributed by atoms with Gasteiger partial charge < -0.3 is 29.6 Å². The van der Waals surface area contributed by atoms with E-state index in [2.05, 4.69) is 28.6 Å². The van der Waals surface area contributed by atoms with Gasteiger partial charge in [0, 0.05) is 27.3 Å². The van der Waals surface area contributed by atoms with Gasteiger partial charge in [0.2, 0.25) is 0 Å². The number of guanidine groups is 1. The molecule has 0 amide bonds. The molecule has 168 valence electrons. The van der Waals surface area contributed by atoms with E-state index in [0.717, 1.165) is 49.0 Å². The van der Waals surface area contributed by atoms with Gasteiger partial charge in [-0.1, -0.05) is 6.07 Å². The Balaban J connectivity index is 0.00000784. The predicted molar refractivity (Wildman–Crippen MR) is 129 cm³/mol. The van der Waals surface area contributed by atoms with E-state index in [1.54, 1.807) is 14.2 Å². The predicted octanol–water partition coefficient (Wildman–Crippen LogP) is 3.77. The van der Waals surface area contributed by atoms with E-state index >= 15 is 0 Å². The molecular formula is C21H38IN3O4. The first-order chi connectivity index (χ1) is 13.7. The van der Waals surface area contributed by atoms with Crippen LogP contribution >= 0.6 is 24.0 Å². The van der Waals surface area contributed by atoms with E-state index < -0.39 is 0 Å². The van der Waals surface area contributed by atoms with Crippen LogP contribution in [0.5, 0.6) is 11.5 Å². The van der Waals surface area contributed by atoms with Crippen LogP contribution < -0.4 is 20.1 Å². The Morgan fingerprint density at radius 3 is 2.41 bits per heavy atom. The fourth-order valence-corrected chi connectivity index (χ4v) is 2.60. The second-order valence-electron chi connectivity index (χ2n) is 6.25. The van der Waals surface area contributed by atoms with Crippen molar-refractivity contribution in [1.82, 2.24) is 10.6 Å². The van der Waals surface area contributed by atoms with Gasteiger partial charge >= 0.3 is 0 Å². The third-order valence-corrected chi connectivity index (χ3v) is 4.08. The Hall–Kier alpha value is -1.26. The number of nitrogens with zero attached hydrogens (tertiary/aromatic N) is 1. The molecule has 1 aromatic carbocycles. The zero-order chi connectivity index (χ0) is 20.6. The Morgan fingerprint density at radius 1 is 1.03 bits per heavy atom. The molecule has 29 heavy (non-hydrogen) atoms. The molecule has 1 atom stereocenters. The van der Waals surface area contributed by atoms with E-state index in [1.807, 2.05) is 26.0 Å². The maximum absolute atomic E-state index is 5.72. The van der Waals surface area contributed by atoms with E-state index in [1.165, 1.54) is 0 Å². The number of unbranched alkanes of at least 4 members (excludes halogenated alkanes) is 1. The smallest absolute Gasteiger partial charge is 0.191 e. The maximum Gasteiger partial charge on any atom is 0.191 e. The SMILES string of the molecule is CCOc1ccc(C(C)NC(=NC)NCCCCOCCOC)cc1OCC.I. The highest BCUT2D eigenvalue weighted by Gasteiger charge is 2.12. The highest BCUT2D eigenvalue weighted by atomic mass is 127. The van der Waals surface area contributed by atoms with Gasteiger partial charge in [-0.3, -0.25) is 4.99 Å². The largest absolute Gasteiger partial charge is 0.490 e. The average Bonchev–Trinajstić information content (AvgIpc) is 2.70. The van der Waals surface area contributed by atoms with Crippen LogP contribution in [0.3, 0.4) is 0 Å². The minimum atomic E-state index is 0. The van der Waals surface area contributed by atoms with Crippen LogP contribution in [-0.2, 0) is 9.47 Å². The Bertz CT molecular complexity index is 573. The Morgan fingerprint density at radius 2 is 1.76 bits per heavy atom. The van der Waals surface area contributed by atoms with Gasteiger partial charge in [-0.2, -0.15) is 0 Å². The number of benzene rings is 1. The highest BCUT2D eigenvalue weighted by molar-refractivity contribution is 14.0. The van der Waals surface area contributed by atoms with Crippen LogP contribution in [0.2, 0.25) is 0 Å². The summed E-state index contributed by atoms with van der Waals surface area (Å²) in [5.74, 6) is 2.32. The molecular weight excluding hydrogens is 485 g/mol. The first kappa shape index (κ1) is 27.7. The Kier molecular flexibility index (Phi) is 16.8. The van der Waals surface area contributed by atoms with Crippen molar-refractivity contribution in [1.29, 1.82) is 0 Å². The van der Waals surface area contributed by atoms with Crippen molar-refractivity contribution in [2.75, 3.05) is 53.7 Å². The van der Waals surface area contributed by atoms with Gasteiger partial charge in [0.05, 0.1) is 32.5 Å². The summed E-state index contributed by atoms with van der Waals surface area (Å²) >= 11 is 0. The normalized spacial score (nSPS) is 12.1. The molecule has 2 N–H and O–H groups in total. The molecule has 0 fully saturated rings. The molecule has 0 aliphatic heterocycles. The first-order valence-corrected chi connectivity index (χ1v) is 10.1. The van der Waals surface area contributed by atoms with Crippen molar-refractivity contribution in [2.45, 2.75) is 39.7 Å². The van der Waals surface area contributed by atoms with Gasteiger partial charge in [-0.05, 0) is 51.3 Å². The first-order valence-electron chi connectivity index (χ1n) is 10.1.